The van der Waals surface area contributed by atoms with Gasteiger partial charge in [0.2, 0.25) is 0 Å². The lowest BCUT2D eigenvalue weighted by Gasteiger charge is -2.13. The Labute approximate surface area is 110 Å². The molecule has 0 spiro atoms. The first kappa shape index (κ1) is 12.8. The Bertz CT molecular complexity index is 392. The predicted octanol–water partition coefficient (Wildman–Crippen LogP) is 2.74. The van der Waals surface area contributed by atoms with E-state index in [2.05, 4.69) is 38.1 Å². The second-order valence-electron chi connectivity index (χ2n) is 4.25. The monoisotopic (exact) mass is 299 g/mol. The van der Waals surface area contributed by atoms with Gasteiger partial charge < -0.3 is 10.1 Å². The van der Waals surface area contributed by atoms with E-state index in [4.69, 9.17) is 4.74 Å². The Hall–Kier alpha value is -0.680. The van der Waals surface area contributed by atoms with Crippen LogP contribution in [0.4, 0.5) is 5.82 Å². The summed E-state index contributed by atoms with van der Waals surface area (Å²) in [5.74, 6) is 2.15. The molecule has 2 rings (SSSR count). The number of rotatable bonds is 4. The Kier molecular flexibility index (Phi) is 4.34. The van der Waals surface area contributed by atoms with E-state index < -0.39 is 0 Å². The highest BCUT2D eigenvalue weighted by Crippen LogP contribution is 2.29. The summed E-state index contributed by atoms with van der Waals surface area (Å²) in [6.45, 7) is 3.73. The number of ether oxygens (including phenoxy) is 1. The minimum absolute atomic E-state index is 0.353. The van der Waals surface area contributed by atoms with E-state index in [1.54, 1.807) is 0 Å². The molecule has 1 saturated heterocycles. The number of aromatic nitrogens is 2. The molecule has 1 aromatic rings. The first-order valence-electron chi connectivity index (χ1n) is 6.08. The number of aryl methyl sites for hydroxylation is 1. The summed E-state index contributed by atoms with van der Waals surface area (Å²) >= 11 is 3.57. The van der Waals surface area contributed by atoms with Crippen LogP contribution in [0.1, 0.15) is 37.2 Å². The number of anilines is 1. The van der Waals surface area contributed by atoms with E-state index in [9.17, 15) is 0 Å². The largest absolute Gasteiger partial charge is 0.381 e. The van der Waals surface area contributed by atoms with Crippen LogP contribution >= 0.6 is 15.9 Å². The van der Waals surface area contributed by atoms with Crippen molar-refractivity contribution in [3.63, 3.8) is 0 Å². The average molecular weight is 300 g/mol. The van der Waals surface area contributed by atoms with Crippen molar-refractivity contribution in [2.45, 2.75) is 32.1 Å². The molecule has 1 aliphatic rings. The highest BCUT2D eigenvalue weighted by Gasteiger charge is 2.22. The van der Waals surface area contributed by atoms with E-state index in [1.165, 1.54) is 0 Å². The van der Waals surface area contributed by atoms with Gasteiger partial charge in [0.25, 0.3) is 0 Å². The second kappa shape index (κ2) is 5.78. The zero-order chi connectivity index (χ0) is 12.3. The molecule has 1 aromatic heterocycles. The SMILES string of the molecule is CCCc1nc(C2CCOC2)nc(NC)c1Br. The molecule has 4 nitrogen and oxygen atoms in total. The number of hydrogen-bond acceptors (Lipinski definition) is 4. The maximum Gasteiger partial charge on any atom is 0.144 e. The van der Waals surface area contributed by atoms with E-state index in [-0.39, 0.29) is 0 Å². The summed E-state index contributed by atoms with van der Waals surface area (Å²) in [4.78, 5) is 9.24. The van der Waals surface area contributed by atoms with Crippen molar-refractivity contribution in [1.29, 1.82) is 0 Å². The van der Waals surface area contributed by atoms with Crippen molar-refractivity contribution in [3.05, 3.63) is 16.0 Å². The number of hydrogen-bond donors (Lipinski definition) is 1. The maximum absolute atomic E-state index is 5.40. The lowest BCUT2D eigenvalue weighted by molar-refractivity contribution is 0.193. The number of nitrogens with one attached hydrogen (secondary N) is 1. The van der Waals surface area contributed by atoms with Crippen LogP contribution in [0.2, 0.25) is 0 Å². The molecule has 1 atom stereocenters. The van der Waals surface area contributed by atoms with Gasteiger partial charge in [-0.25, -0.2) is 9.97 Å². The Morgan fingerprint density at radius 1 is 1.47 bits per heavy atom. The van der Waals surface area contributed by atoms with Gasteiger partial charge in [-0.2, -0.15) is 0 Å². The molecular weight excluding hydrogens is 282 g/mol. The van der Waals surface area contributed by atoms with Crippen LogP contribution in [-0.4, -0.2) is 30.2 Å². The average Bonchev–Trinajstić information content (AvgIpc) is 2.85. The standard InChI is InChI=1S/C12H18BrN3O/c1-3-4-9-10(13)12(14-2)16-11(15-9)8-5-6-17-7-8/h8H,3-7H2,1-2H3,(H,14,15,16). The minimum Gasteiger partial charge on any atom is -0.381 e. The summed E-state index contributed by atoms with van der Waals surface area (Å²) in [7, 11) is 1.89. The third-order valence-corrected chi connectivity index (χ3v) is 3.79. The minimum atomic E-state index is 0.353. The van der Waals surface area contributed by atoms with E-state index in [0.717, 1.165) is 54.3 Å². The molecule has 0 aromatic carbocycles. The molecule has 0 bridgehead atoms. The normalized spacial score (nSPS) is 19.6. The molecule has 5 heteroatoms. The molecule has 94 valence electrons. The summed E-state index contributed by atoms with van der Waals surface area (Å²) in [5.41, 5.74) is 1.09. The molecular formula is C12H18BrN3O. The highest BCUT2D eigenvalue weighted by atomic mass is 79.9. The molecule has 0 amide bonds. The van der Waals surface area contributed by atoms with Crippen molar-refractivity contribution in [3.8, 4) is 0 Å². The molecule has 0 aliphatic carbocycles. The highest BCUT2D eigenvalue weighted by molar-refractivity contribution is 9.10. The van der Waals surface area contributed by atoms with E-state index in [0.29, 0.717) is 5.92 Å². The van der Waals surface area contributed by atoms with Gasteiger partial charge in [-0.1, -0.05) is 13.3 Å². The van der Waals surface area contributed by atoms with Crippen LogP contribution in [-0.2, 0) is 11.2 Å². The van der Waals surface area contributed by atoms with Crippen molar-refractivity contribution in [2.75, 3.05) is 25.6 Å². The molecule has 0 saturated carbocycles. The molecule has 0 radical (unpaired) electrons. The molecule has 1 fully saturated rings. The van der Waals surface area contributed by atoms with Gasteiger partial charge in [0.15, 0.2) is 0 Å². The van der Waals surface area contributed by atoms with Gasteiger partial charge in [-0.3, -0.25) is 0 Å². The number of nitrogens with zero attached hydrogens (tertiary/aromatic N) is 2. The second-order valence-corrected chi connectivity index (χ2v) is 5.04. The fourth-order valence-corrected chi connectivity index (χ4v) is 2.58. The van der Waals surface area contributed by atoms with Crippen molar-refractivity contribution in [1.82, 2.24) is 9.97 Å². The Balaban J connectivity index is 2.35. The summed E-state index contributed by atoms with van der Waals surface area (Å²) in [6.07, 6.45) is 3.08. The molecule has 2 heterocycles. The van der Waals surface area contributed by atoms with Crippen LogP contribution in [0.5, 0.6) is 0 Å². The third kappa shape index (κ3) is 2.77. The Morgan fingerprint density at radius 2 is 2.29 bits per heavy atom. The topological polar surface area (TPSA) is 47.0 Å². The van der Waals surface area contributed by atoms with E-state index in [1.807, 2.05) is 7.05 Å². The van der Waals surface area contributed by atoms with Gasteiger partial charge in [0.1, 0.15) is 11.6 Å². The van der Waals surface area contributed by atoms with Crippen LogP contribution in [0, 0.1) is 0 Å². The van der Waals surface area contributed by atoms with Crippen LogP contribution in [0.3, 0.4) is 0 Å². The van der Waals surface area contributed by atoms with Crippen LogP contribution in [0.15, 0.2) is 4.47 Å². The van der Waals surface area contributed by atoms with Gasteiger partial charge in [-0.05, 0) is 28.8 Å². The van der Waals surface area contributed by atoms with Crippen LogP contribution < -0.4 is 5.32 Å². The zero-order valence-electron chi connectivity index (χ0n) is 10.3. The smallest absolute Gasteiger partial charge is 0.144 e. The number of halogens is 1. The quantitative estimate of drug-likeness (QED) is 0.929. The first-order valence-corrected chi connectivity index (χ1v) is 6.87. The molecule has 1 N–H and O–H groups in total. The lowest BCUT2D eigenvalue weighted by Crippen LogP contribution is -2.10. The zero-order valence-corrected chi connectivity index (χ0v) is 11.9. The van der Waals surface area contributed by atoms with Gasteiger partial charge >= 0.3 is 0 Å². The van der Waals surface area contributed by atoms with Gasteiger partial charge in [0, 0.05) is 19.6 Å². The van der Waals surface area contributed by atoms with Gasteiger partial charge in [-0.15, -0.1) is 0 Å². The fraction of sp³-hybridized carbons (Fsp3) is 0.667. The molecule has 1 aliphatic heterocycles. The summed E-state index contributed by atoms with van der Waals surface area (Å²) < 4.78 is 6.39. The van der Waals surface area contributed by atoms with Crippen LogP contribution in [0.25, 0.3) is 0 Å². The van der Waals surface area contributed by atoms with Crippen molar-refractivity contribution < 1.29 is 4.74 Å². The first-order chi connectivity index (χ1) is 8.26. The van der Waals surface area contributed by atoms with Gasteiger partial charge in [0.05, 0.1) is 16.8 Å². The predicted molar refractivity (Wildman–Crippen MR) is 71.5 cm³/mol. The van der Waals surface area contributed by atoms with E-state index >= 15 is 0 Å². The molecule has 1 unspecified atom stereocenters. The Morgan fingerprint density at radius 3 is 2.88 bits per heavy atom. The van der Waals surface area contributed by atoms with Crippen molar-refractivity contribution in [2.24, 2.45) is 0 Å². The summed E-state index contributed by atoms with van der Waals surface area (Å²) in [6, 6.07) is 0. The third-order valence-electron chi connectivity index (χ3n) is 2.96. The summed E-state index contributed by atoms with van der Waals surface area (Å²) in [5, 5.41) is 3.12. The van der Waals surface area contributed by atoms with Crippen molar-refractivity contribution >= 4 is 21.7 Å². The maximum atomic E-state index is 5.40. The fourth-order valence-electron chi connectivity index (χ4n) is 2.00. The molecule has 17 heavy (non-hydrogen) atoms. The lowest BCUT2D eigenvalue weighted by atomic mass is 10.1.